The summed E-state index contributed by atoms with van der Waals surface area (Å²) < 4.78 is 29.7. The van der Waals surface area contributed by atoms with Crippen LogP contribution in [0.2, 0.25) is 0 Å². The van der Waals surface area contributed by atoms with Crippen molar-refractivity contribution in [3.05, 3.63) is 77.4 Å². The first-order valence-electron chi connectivity index (χ1n) is 12.1. The minimum absolute atomic E-state index is 0.679. The predicted octanol–water partition coefficient (Wildman–Crippen LogP) is 7.66. The van der Waals surface area contributed by atoms with E-state index in [-0.39, 0.29) is 0 Å². The molecule has 4 aromatic rings. The lowest BCUT2D eigenvalue weighted by Crippen LogP contribution is -2.02. The van der Waals surface area contributed by atoms with E-state index in [1.165, 1.54) is 0 Å². The summed E-state index contributed by atoms with van der Waals surface area (Å²) in [4.78, 5) is 0. The summed E-state index contributed by atoms with van der Waals surface area (Å²) in [7, 11) is 8.41. The maximum Gasteiger partial charge on any atom is 0.135 e. The molecule has 0 unspecified atom stereocenters. The fourth-order valence-corrected chi connectivity index (χ4v) is 4.77. The Morgan fingerprint density at radius 1 is 0.378 bits per heavy atom. The second kappa shape index (κ2) is 10.9. The van der Waals surface area contributed by atoms with Gasteiger partial charge in [-0.05, 0) is 61.7 Å². The predicted molar refractivity (Wildman–Crippen MR) is 150 cm³/mol. The van der Waals surface area contributed by atoms with E-state index in [1.807, 2.05) is 51.1 Å². The molecule has 4 aromatic carbocycles. The summed E-state index contributed by atoms with van der Waals surface area (Å²) in [5.74, 6) is 3.60. The van der Waals surface area contributed by atoms with Gasteiger partial charge in [-0.1, -0.05) is 36.4 Å². The summed E-state index contributed by atoms with van der Waals surface area (Å²) in [5, 5.41) is 0. The topological polar surface area (TPSA) is 46.2 Å². The Bertz CT molecular complexity index is 1440. The lowest BCUT2D eigenvalue weighted by molar-refractivity contribution is 0.401. The van der Waals surface area contributed by atoms with Gasteiger partial charge in [0.1, 0.15) is 28.7 Å². The molecular weight excluding hydrogens is 464 g/mol. The smallest absolute Gasteiger partial charge is 0.135 e. The van der Waals surface area contributed by atoms with Gasteiger partial charge >= 0.3 is 0 Å². The Balaban J connectivity index is 2.22. The van der Waals surface area contributed by atoms with Gasteiger partial charge in [0.2, 0.25) is 0 Å². The largest absolute Gasteiger partial charge is 0.496 e. The normalized spacial score (nSPS) is 10.7. The highest BCUT2D eigenvalue weighted by Gasteiger charge is 2.28. The lowest BCUT2D eigenvalue weighted by Gasteiger charge is -2.24. The second-order valence-corrected chi connectivity index (χ2v) is 9.02. The average Bonchev–Trinajstić information content (AvgIpc) is 2.91. The molecule has 0 N–H and O–H groups in total. The lowest BCUT2D eigenvalue weighted by atomic mass is 9.87. The molecule has 0 aliphatic heterocycles. The van der Waals surface area contributed by atoms with Crippen LogP contribution in [-0.2, 0) is 0 Å². The van der Waals surface area contributed by atoms with E-state index >= 15 is 0 Å². The molecule has 0 saturated heterocycles. The van der Waals surface area contributed by atoms with E-state index in [2.05, 4.69) is 30.3 Å². The molecule has 0 amide bonds. The zero-order valence-corrected chi connectivity index (χ0v) is 22.8. The van der Waals surface area contributed by atoms with Crippen molar-refractivity contribution >= 4 is 0 Å². The van der Waals surface area contributed by atoms with Crippen molar-refractivity contribution in [1.82, 2.24) is 0 Å². The fraction of sp³-hybridized carbons (Fsp3) is 0.250. The number of hydrogen-bond donors (Lipinski definition) is 0. The molecule has 5 heteroatoms. The summed E-state index contributed by atoms with van der Waals surface area (Å²) in [6.45, 7) is 6.13. The Morgan fingerprint density at radius 3 is 1.22 bits per heavy atom. The maximum atomic E-state index is 6.20. The molecule has 5 nitrogen and oxygen atoms in total. The van der Waals surface area contributed by atoms with E-state index in [9.17, 15) is 0 Å². The van der Waals surface area contributed by atoms with E-state index in [4.69, 9.17) is 23.7 Å². The molecule has 0 aromatic heterocycles. The zero-order valence-electron chi connectivity index (χ0n) is 22.8. The van der Waals surface area contributed by atoms with Crippen LogP contribution < -0.4 is 23.7 Å². The molecule has 0 fully saturated rings. The molecule has 0 atom stereocenters. The molecular formula is C32H34O5. The molecule has 0 spiro atoms. The van der Waals surface area contributed by atoms with Crippen LogP contribution in [0.15, 0.2) is 60.7 Å². The summed E-state index contributed by atoms with van der Waals surface area (Å²) in [6, 6.07) is 20.4. The van der Waals surface area contributed by atoms with Crippen molar-refractivity contribution in [2.45, 2.75) is 20.8 Å². The summed E-state index contributed by atoms with van der Waals surface area (Å²) >= 11 is 0. The van der Waals surface area contributed by atoms with Gasteiger partial charge in [0.25, 0.3) is 0 Å². The van der Waals surface area contributed by atoms with Crippen LogP contribution in [0.4, 0.5) is 0 Å². The van der Waals surface area contributed by atoms with Gasteiger partial charge in [0.15, 0.2) is 0 Å². The molecule has 0 aliphatic carbocycles. The van der Waals surface area contributed by atoms with Crippen molar-refractivity contribution in [1.29, 1.82) is 0 Å². The van der Waals surface area contributed by atoms with Gasteiger partial charge in [0, 0.05) is 33.4 Å². The molecule has 4 rings (SSSR count). The summed E-state index contributed by atoms with van der Waals surface area (Å²) in [5.41, 5.74) is 8.53. The third-order valence-electron chi connectivity index (χ3n) is 6.57. The van der Waals surface area contributed by atoms with Crippen LogP contribution in [0.1, 0.15) is 16.7 Å². The molecule has 192 valence electrons. The number of aryl methyl sites for hydroxylation is 3. The highest BCUT2D eigenvalue weighted by molar-refractivity contribution is 6.00. The Hall–Kier alpha value is -4.12. The fourth-order valence-electron chi connectivity index (χ4n) is 4.77. The molecule has 0 aliphatic rings. The molecule has 0 radical (unpaired) electrons. The Labute approximate surface area is 219 Å². The second-order valence-electron chi connectivity index (χ2n) is 9.02. The number of ether oxygens (including phenoxy) is 5. The monoisotopic (exact) mass is 498 g/mol. The van der Waals surface area contributed by atoms with Crippen molar-refractivity contribution in [3.8, 4) is 62.1 Å². The van der Waals surface area contributed by atoms with Crippen molar-refractivity contribution in [2.24, 2.45) is 0 Å². The van der Waals surface area contributed by atoms with Crippen molar-refractivity contribution < 1.29 is 23.7 Å². The SMILES string of the molecule is COc1cc(C)ccc1-c1cc(OC)c(-c2ccc(C)cc2OC)c(-c2ccc(C)cc2OC)c1OC. The standard InChI is InChI=1S/C32H34O5/c1-19-9-12-22(26(15-19)33-4)25-18-29(36-7)30(23-13-10-20(2)16-27(23)34-5)31(32(25)37-8)24-14-11-21(3)17-28(24)35-6/h9-18H,1-8H3. The van der Waals surface area contributed by atoms with Gasteiger partial charge in [-0.25, -0.2) is 0 Å². The van der Waals surface area contributed by atoms with Crippen LogP contribution >= 0.6 is 0 Å². The van der Waals surface area contributed by atoms with E-state index < -0.39 is 0 Å². The molecule has 0 heterocycles. The number of benzene rings is 4. The first-order chi connectivity index (χ1) is 17.9. The van der Waals surface area contributed by atoms with Crippen LogP contribution in [0.3, 0.4) is 0 Å². The highest BCUT2D eigenvalue weighted by atomic mass is 16.5. The molecule has 37 heavy (non-hydrogen) atoms. The maximum absolute atomic E-state index is 6.20. The van der Waals surface area contributed by atoms with Crippen molar-refractivity contribution in [3.63, 3.8) is 0 Å². The number of methoxy groups -OCH3 is 5. The van der Waals surface area contributed by atoms with Crippen LogP contribution in [0.25, 0.3) is 33.4 Å². The van der Waals surface area contributed by atoms with Gasteiger partial charge in [-0.3, -0.25) is 0 Å². The zero-order chi connectivity index (χ0) is 26.7. The highest BCUT2D eigenvalue weighted by Crippen LogP contribution is 2.54. The minimum atomic E-state index is 0.679. The first kappa shape index (κ1) is 26.0. The number of rotatable bonds is 8. The van der Waals surface area contributed by atoms with E-state index in [0.29, 0.717) is 11.5 Å². The van der Waals surface area contributed by atoms with Gasteiger partial charge < -0.3 is 23.7 Å². The van der Waals surface area contributed by atoms with Crippen molar-refractivity contribution in [2.75, 3.05) is 35.5 Å². The first-order valence-corrected chi connectivity index (χ1v) is 12.1. The summed E-state index contributed by atoms with van der Waals surface area (Å²) in [6.07, 6.45) is 0. The average molecular weight is 499 g/mol. The van der Waals surface area contributed by atoms with Crippen LogP contribution in [0, 0.1) is 20.8 Å². The molecule has 0 saturated carbocycles. The Morgan fingerprint density at radius 2 is 0.784 bits per heavy atom. The van der Waals surface area contributed by atoms with Gasteiger partial charge in [0.05, 0.1) is 35.5 Å². The third kappa shape index (κ3) is 4.82. The minimum Gasteiger partial charge on any atom is -0.496 e. The molecule has 0 bridgehead atoms. The number of hydrogen-bond acceptors (Lipinski definition) is 5. The van der Waals surface area contributed by atoms with E-state index in [1.54, 1.807) is 35.5 Å². The quantitative estimate of drug-likeness (QED) is 0.250. The van der Waals surface area contributed by atoms with E-state index in [0.717, 1.165) is 67.3 Å². The third-order valence-corrected chi connectivity index (χ3v) is 6.57. The van der Waals surface area contributed by atoms with Crippen LogP contribution in [0.5, 0.6) is 28.7 Å². The van der Waals surface area contributed by atoms with Gasteiger partial charge in [-0.2, -0.15) is 0 Å². The van der Waals surface area contributed by atoms with Crippen LogP contribution in [-0.4, -0.2) is 35.5 Å². The van der Waals surface area contributed by atoms with Gasteiger partial charge in [-0.15, -0.1) is 0 Å². The Kier molecular flexibility index (Phi) is 7.63.